The number of carbonyl (C=O) groups is 3. The quantitative estimate of drug-likeness (QED) is 0.461. The van der Waals surface area contributed by atoms with Crippen molar-refractivity contribution in [1.82, 2.24) is 5.32 Å². The predicted octanol–water partition coefficient (Wildman–Crippen LogP) is 2.16. The summed E-state index contributed by atoms with van der Waals surface area (Å²) >= 11 is 0. The summed E-state index contributed by atoms with van der Waals surface area (Å²) in [6.45, 7) is 1.11. The minimum absolute atomic E-state index is 0.0578. The van der Waals surface area contributed by atoms with Crippen molar-refractivity contribution in [2.24, 2.45) is 0 Å². The number of esters is 1. The average Bonchev–Trinajstić information content (AvgIpc) is 3.13. The standard InChI is InChI=1S/C18H16N4O6/c1-28-17(24)12-8-11(9-15(10-12)22(26)27)16(23)20-13-2-4-14(5-3-13)21-7-6-19-18(21)25/h2-5,8-10H,6-7H2,1H3,(H,19,25)(H,20,23). The second-order valence-electron chi connectivity index (χ2n) is 5.90. The lowest BCUT2D eigenvalue weighted by molar-refractivity contribution is -0.384. The van der Waals surface area contributed by atoms with Crippen LogP contribution in [0.2, 0.25) is 0 Å². The van der Waals surface area contributed by atoms with Gasteiger partial charge in [-0.05, 0) is 30.3 Å². The lowest BCUT2D eigenvalue weighted by Gasteiger charge is -2.14. The maximum atomic E-state index is 12.5. The molecule has 3 rings (SSSR count). The largest absolute Gasteiger partial charge is 0.465 e. The molecule has 1 fully saturated rings. The van der Waals surface area contributed by atoms with E-state index in [1.54, 1.807) is 29.2 Å². The number of nitrogens with one attached hydrogen (secondary N) is 2. The Bertz CT molecular complexity index is 957. The fourth-order valence-electron chi connectivity index (χ4n) is 2.73. The highest BCUT2D eigenvalue weighted by molar-refractivity contribution is 6.06. The van der Waals surface area contributed by atoms with Gasteiger partial charge in [-0.1, -0.05) is 0 Å². The third-order valence-corrected chi connectivity index (χ3v) is 4.11. The number of ether oxygens (including phenoxy) is 1. The van der Waals surface area contributed by atoms with Crippen LogP contribution >= 0.6 is 0 Å². The Kier molecular flexibility index (Phi) is 5.21. The van der Waals surface area contributed by atoms with Gasteiger partial charge in [-0.15, -0.1) is 0 Å². The number of benzene rings is 2. The van der Waals surface area contributed by atoms with Crippen LogP contribution in [-0.2, 0) is 4.74 Å². The zero-order valence-electron chi connectivity index (χ0n) is 14.8. The van der Waals surface area contributed by atoms with Crippen molar-refractivity contribution < 1.29 is 24.0 Å². The number of nitro benzene ring substituents is 1. The molecular formula is C18H16N4O6. The summed E-state index contributed by atoms with van der Waals surface area (Å²) in [6, 6.07) is 9.71. The number of methoxy groups -OCH3 is 1. The van der Waals surface area contributed by atoms with Crippen LogP contribution in [0.3, 0.4) is 0 Å². The molecule has 0 saturated carbocycles. The van der Waals surface area contributed by atoms with E-state index < -0.39 is 22.5 Å². The first kappa shape index (κ1) is 18.8. The molecule has 1 aliphatic heterocycles. The van der Waals surface area contributed by atoms with Gasteiger partial charge in [0.25, 0.3) is 11.6 Å². The van der Waals surface area contributed by atoms with Crippen molar-refractivity contribution in [2.75, 3.05) is 30.4 Å². The monoisotopic (exact) mass is 384 g/mol. The van der Waals surface area contributed by atoms with Gasteiger partial charge in [0.2, 0.25) is 0 Å². The van der Waals surface area contributed by atoms with Crippen molar-refractivity contribution in [1.29, 1.82) is 0 Å². The smallest absolute Gasteiger partial charge is 0.338 e. The number of hydrogen-bond acceptors (Lipinski definition) is 6. The Hall–Kier alpha value is -3.95. The van der Waals surface area contributed by atoms with Gasteiger partial charge in [0.1, 0.15) is 0 Å². The van der Waals surface area contributed by atoms with Crippen molar-refractivity contribution in [3.8, 4) is 0 Å². The third kappa shape index (κ3) is 3.90. The average molecular weight is 384 g/mol. The maximum absolute atomic E-state index is 12.5. The summed E-state index contributed by atoms with van der Waals surface area (Å²) in [4.78, 5) is 47.8. The van der Waals surface area contributed by atoms with E-state index in [0.717, 1.165) is 19.2 Å². The summed E-state index contributed by atoms with van der Waals surface area (Å²) in [5.41, 5.74) is 0.550. The molecule has 2 aromatic rings. The Labute approximate surface area is 159 Å². The van der Waals surface area contributed by atoms with Crippen molar-refractivity contribution in [3.05, 3.63) is 63.7 Å². The number of nitro groups is 1. The summed E-state index contributed by atoms with van der Waals surface area (Å²) < 4.78 is 4.56. The van der Waals surface area contributed by atoms with Crippen LogP contribution in [0.4, 0.5) is 21.9 Å². The first-order chi connectivity index (χ1) is 13.4. The molecule has 0 atom stereocenters. The summed E-state index contributed by atoms with van der Waals surface area (Å²) in [5, 5.41) is 16.4. The van der Waals surface area contributed by atoms with Gasteiger partial charge in [-0.3, -0.25) is 19.8 Å². The normalized spacial score (nSPS) is 13.0. The second-order valence-corrected chi connectivity index (χ2v) is 5.90. The number of non-ortho nitro benzene ring substituents is 1. The van der Waals surface area contributed by atoms with E-state index in [-0.39, 0.29) is 17.2 Å². The molecule has 0 radical (unpaired) electrons. The van der Waals surface area contributed by atoms with Crippen LogP contribution < -0.4 is 15.5 Å². The molecule has 1 heterocycles. The van der Waals surface area contributed by atoms with Crippen LogP contribution in [0, 0.1) is 10.1 Å². The molecule has 2 aromatic carbocycles. The molecule has 144 valence electrons. The van der Waals surface area contributed by atoms with Gasteiger partial charge in [0.05, 0.1) is 17.6 Å². The number of nitrogens with zero attached hydrogens (tertiary/aromatic N) is 2. The first-order valence-corrected chi connectivity index (χ1v) is 8.23. The topological polar surface area (TPSA) is 131 Å². The predicted molar refractivity (Wildman–Crippen MR) is 99.6 cm³/mol. The van der Waals surface area contributed by atoms with E-state index in [9.17, 15) is 24.5 Å². The molecule has 0 bridgehead atoms. The van der Waals surface area contributed by atoms with Gasteiger partial charge in [0.15, 0.2) is 0 Å². The highest BCUT2D eigenvalue weighted by Gasteiger charge is 2.21. The van der Waals surface area contributed by atoms with Crippen molar-refractivity contribution in [2.45, 2.75) is 0 Å². The molecule has 1 aliphatic rings. The molecular weight excluding hydrogens is 368 g/mol. The number of anilines is 2. The van der Waals surface area contributed by atoms with E-state index in [0.29, 0.717) is 24.5 Å². The van der Waals surface area contributed by atoms with Crippen LogP contribution in [0.5, 0.6) is 0 Å². The Balaban J connectivity index is 1.80. The number of hydrogen-bond donors (Lipinski definition) is 2. The van der Waals surface area contributed by atoms with E-state index in [1.807, 2.05) is 0 Å². The van der Waals surface area contributed by atoms with E-state index in [2.05, 4.69) is 15.4 Å². The fraction of sp³-hybridized carbons (Fsp3) is 0.167. The van der Waals surface area contributed by atoms with Gasteiger partial charge < -0.3 is 15.4 Å². The minimum atomic E-state index is -0.786. The molecule has 10 nitrogen and oxygen atoms in total. The fourth-order valence-corrected chi connectivity index (χ4v) is 2.73. The molecule has 0 aliphatic carbocycles. The molecule has 2 N–H and O–H groups in total. The Morgan fingerprint density at radius 1 is 1.18 bits per heavy atom. The lowest BCUT2D eigenvalue weighted by Crippen LogP contribution is -2.27. The van der Waals surface area contributed by atoms with Gasteiger partial charge in [-0.2, -0.15) is 0 Å². The lowest BCUT2D eigenvalue weighted by atomic mass is 10.1. The number of carbonyl (C=O) groups excluding carboxylic acids is 3. The van der Waals surface area contributed by atoms with E-state index >= 15 is 0 Å². The van der Waals surface area contributed by atoms with Gasteiger partial charge >= 0.3 is 12.0 Å². The van der Waals surface area contributed by atoms with Gasteiger partial charge in [-0.25, -0.2) is 9.59 Å². The zero-order valence-corrected chi connectivity index (χ0v) is 14.8. The van der Waals surface area contributed by atoms with Crippen LogP contribution in [0.25, 0.3) is 0 Å². The van der Waals surface area contributed by atoms with Crippen LogP contribution in [0.1, 0.15) is 20.7 Å². The second kappa shape index (κ2) is 7.74. The molecule has 3 amide bonds. The number of urea groups is 1. The SMILES string of the molecule is COC(=O)c1cc(C(=O)Nc2ccc(N3CCNC3=O)cc2)cc([N+](=O)[O-])c1. The first-order valence-electron chi connectivity index (χ1n) is 8.23. The summed E-state index contributed by atoms with van der Waals surface area (Å²) in [7, 11) is 1.14. The summed E-state index contributed by atoms with van der Waals surface area (Å²) in [6.07, 6.45) is 0. The third-order valence-electron chi connectivity index (χ3n) is 4.11. The van der Waals surface area contributed by atoms with Crippen molar-refractivity contribution in [3.63, 3.8) is 0 Å². The summed E-state index contributed by atoms with van der Waals surface area (Å²) in [5.74, 6) is -1.41. The number of rotatable bonds is 5. The molecule has 0 unspecified atom stereocenters. The highest BCUT2D eigenvalue weighted by Crippen LogP contribution is 2.22. The molecule has 0 spiro atoms. The van der Waals surface area contributed by atoms with Crippen LogP contribution in [-0.4, -0.2) is 43.0 Å². The Morgan fingerprint density at radius 2 is 1.86 bits per heavy atom. The Morgan fingerprint density at radius 3 is 2.43 bits per heavy atom. The van der Waals surface area contributed by atoms with Gasteiger partial charge in [0, 0.05) is 42.2 Å². The number of amides is 3. The highest BCUT2D eigenvalue weighted by atomic mass is 16.6. The zero-order chi connectivity index (χ0) is 20.3. The van der Waals surface area contributed by atoms with E-state index in [4.69, 9.17) is 0 Å². The van der Waals surface area contributed by atoms with E-state index in [1.165, 1.54) is 6.07 Å². The van der Waals surface area contributed by atoms with Crippen molar-refractivity contribution >= 4 is 35.0 Å². The minimum Gasteiger partial charge on any atom is -0.465 e. The maximum Gasteiger partial charge on any atom is 0.338 e. The van der Waals surface area contributed by atoms with Crippen LogP contribution in [0.15, 0.2) is 42.5 Å². The molecule has 1 saturated heterocycles. The molecule has 0 aromatic heterocycles. The molecule has 10 heteroatoms. The molecule has 28 heavy (non-hydrogen) atoms.